The van der Waals surface area contributed by atoms with Crippen molar-refractivity contribution >= 4 is 23.4 Å². The van der Waals surface area contributed by atoms with Crippen LogP contribution in [0.1, 0.15) is 0 Å². The van der Waals surface area contributed by atoms with E-state index in [2.05, 4.69) is 0 Å². The number of carbonyl (C=O) groups excluding carboxylic acids is 1. The molecule has 1 aromatic carbocycles. The first-order valence-corrected chi connectivity index (χ1v) is 6.84. The van der Waals surface area contributed by atoms with Gasteiger partial charge in [0.15, 0.2) is 11.5 Å². The molecule has 96 valence electrons. The van der Waals surface area contributed by atoms with E-state index in [1.54, 1.807) is 16.7 Å². The molecule has 1 amide bonds. The largest absolute Gasteiger partial charge is 0.454 e. The van der Waals surface area contributed by atoms with Crippen LogP contribution in [0.4, 0.5) is 5.69 Å². The molecule has 3 rings (SSSR count). The predicted molar refractivity (Wildman–Crippen MR) is 70.2 cm³/mol. The average molecular weight is 266 g/mol. The van der Waals surface area contributed by atoms with Gasteiger partial charge >= 0.3 is 0 Å². The summed E-state index contributed by atoms with van der Waals surface area (Å²) in [6.07, 6.45) is 0. The van der Waals surface area contributed by atoms with Crippen molar-refractivity contribution in [3.8, 4) is 11.5 Å². The first kappa shape index (κ1) is 11.7. The fraction of sp³-hybridized carbons (Fsp3) is 0.417. The number of thioether (sulfide) groups is 1. The van der Waals surface area contributed by atoms with E-state index in [9.17, 15) is 4.79 Å². The van der Waals surface area contributed by atoms with Crippen LogP contribution in [0.15, 0.2) is 18.2 Å². The lowest BCUT2D eigenvalue weighted by molar-refractivity contribution is -0.116. The summed E-state index contributed by atoms with van der Waals surface area (Å²) in [7, 11) is 0. The number of ether oxygens (including phenoxy) is 2. The Morgan fingerprint density at radius 3 is 3.06 bits per heavy atom. The first-order chi connectivity index (χ1) is 8.78. The maximum atomic E-state index is 11.9. The second kappa shape index (κ2) is 4.70. The normalized spacial score (nSPS) is 22.4. The maximum Gasteiger partial charge on any atom is 0.237 e. The third-order valence-electron chi connectivity index (χ3n) is 3.06. The zero-order valence-electron chi connectivity index (χ0n) is 9.80. The molecule has 0 aliphatic carbocycles. The lowest BCUT2D eigenvalue weighted by atomic mass is 10.2. The van der Waals surface area contributed by atoms with Crippen LogP contribution >= 0.6 is 11.8 Å². The van der Waals surface area contributed by atoms with Crippen LogP contribution in [0, 0.1) is 0 Å². The van der Waals surface area contributed by atoms with Gasteiger partial charge in [0, 0.05) is 30.1 Å². The third kappa shape index (κ3) is 2.02. The summed E-state index contributed by atoms with van der Waals surface area (Å²) in [6, 6.07) is 5.57. The van der Waals surface area contributed by atoms with Crippen LogP contribution in [0.25, 0.3) is 0 Å². The van der Waals surface area contributed by atoms with E-state index in [0.29, 0.717) is 29.8 Å². The fourth-order valence-electron chi connectivity index (χ4n) is 2.07. The van der Waals surface area contributed by atoms with Crippen molar-refractivity contribution in [3.63, 3.8) is 0 Å². The van der Waals surface area contributed by atoms with Gasteiger partial charge in [-0.25, -0.2) is 0 Å². The smallest absolute Gasteiger partial charge is 0.237 e. The number of nitrogens with two attached hydrogens (primary N) is 1. The van der Waals surface area contributed by atoms with Gasteiger partial charge in [-0.15, -0.1) is 11.8 Å². The second-order valence-corrected chi connectivity index (χ2v) is 5.50. The van der Waals surface area contributed by atoms with Crippen molar-refractivity contribution in [3.05, 3.63) is 18.2 Å². The number of rotatable bonds is 2. The lowest BCUT2D eigenvalue weighted by Crippen LogP contribution is -2.44. The highest BCUT2D eigenvalue weighted by Crippen LogP contribution is 2.36. The molecule has 0 saturated carbocycles. The molecule has 0 spiro atoms. The molecule has 2 N–H and O–H groups in total. The van der Waals surface area contributed by atoms with Crippen LogP contribution < -0.4 is 20.1 Å². The number of hydrogen-bond acceptors (Lipinski definition) is 5. The van der Waals surface area contributed by atoms with Gasteiger partial charge in [0.2, 0.25) is 12.7 Å². The van der Waals surface area contributed by atoms with E-state index in [4.69, 9.17) is 15.2 Å². The number of benzene rings is 1. The number of carbonyl (C=O) groups is 1. The van der Waals surface area contributed by atoms with Crippen molar-refractivity contribution in [2.24, 2.45) is 5.73 Å². The average Bonchev–Trinajstić information content (AvgIpc) is 2.86. The summed E-state index contributed by atoms with van der Waals surface area (Å²) in [5.74, 6) is 2.02. The Hall–Kier alpha value is -1.40. The molecule has 0 bridgehead atoms. The van der Waals surface area contributed by atoms with E-state index in [1.165, 1.54) is 0 Å². The molecule has 1 saturated heterocycles. The summed E-state index contributed by atoms with van der Waals surface area (Å²) in [5, 5.41) is 0.299. The van der Waals surface area contributed by atoms with Gasteiger partial charge in [-0.3, -0.25) is 4.79 Å². The Morgan fingerprint density at radius 1 is 1.39 bits per heavy atom. The van der Waals surface area contributed by atoms with Crippen molar-refractivity contribution in [1.29, 1.82) is 0 Å². The monoisotopic (exact) mass is 266 g/mol. The lowest BCUT2D eigenvalue weighted by Gasteiger charge is -2.31. The molecule has 2 aliphatic heterocycles. The van der Waals surface area contributed by atoms with Crippen LogP contribution in [-0.2, 0) is 4.79 Å². The molecule has 2 aliphatic rings. The third-order valence-corrected chi connectivity index (χ3v) is 4.29. The minimum atomic E-state index is 0.114. The highest BCUT2D eigenvalue weighted by Gasteiger charge is 2.27. The second-order valence-electron chi connectivity index (χ2n) is 4.21. The number of nitrogens with zero attached hydrogens (tertiary/aromatic N) is 1. The predicted octanol–water partition coefficient (Wildman–Crippen LogP) is 0.822. The molecule has 1 unspecified atom stereocenters. The van der Waals surface area contributed by atoms with Gasteiger partial charge in [-0.05, 0) is 12.1 Å². The van der Waals surface area contributed by atoms with Crippen molar-refractivity contribution in [2.75, 3.05) is 30.5 Å². The van der Waals surface area contributed by atoms with E-state index in [-0.39, 0.29) is 12.7 Å². The van der Waals surface area contributed by atoms with Gasteiger partial charge in [0.05, 0.1) is 5.75 Å². The molecule has 0 aromatic heterocycles. The molecular formula is C12H14N2O3S. The van der Waals surface area contributed by atoms with Gasteiger partial charge in [-0.2, -0.15) is 0 Å². The van der Waals surface area contributed by atoms with Crippen molar-refractivity contribution in [1.82, 2.24) is 0 Å². The quantitative estimate of drug-likeness (QED) is 0.858. The summed E-state index contributed by atoms with van der Waals surface area (Å²) < 4.78 is 10.6. The summed E-state index contributed by atoms with van der Waals surface area (Å²) >= 11 is 1.62. The zero-order valence-corrected chi connectivity index (χ0v) is 10.6. The van der Waals surface area contributed by atoms with Gasteiger partial charge < -0.3 is 20.1 Å². The Morgan fingerprint density at radius 2 is 2.22 bits per heavy atom. The van der Waals surface area contributed by atoms with E-state index < -0.39 is 0 Å². The van der Waals surface area contributed by atoms with Gasteiger partial charge in [0.1, 0.15) is 0 Å². The first-order valence-electron chi connectivity index (χ1n) is 5.79. The molecule has 5 nitrogen and oxygen atoms in total. The maximum absolute atomic E-state index is 11.9. The standard InChI is InChI=1S/C12H14N2O3S/c13-4-9-5-14(12(15)6-18-9)8-1-2-10-11(3-8)17-7-16-10/h1-3,9H,4-7,13H2. The topological polar surface area (TPSA) is 64.8 Å². The Labute approximate surface area is 109 Å². The zero-order chi connectivity index (χ0) is 12.5. The highest BCUT2D eigenvalue weighted by atomic mass is 32.2. The molecule has 1 fully saturated rings. The summed E-state index contributed by atoms with van der Waals surface area (Å²) in [5.41, 5.74) is 6.53. The van der Waals surface area contributed by atoms with Crippen molar-refractivity contribution in [2.45, 2.75) is 5.25 Å². The fourth-order valence-corrected chi connectivity index (χ4v) is 2.99. The molecule has 1 atom stereocenters. The minimum Gasteiger partial charge on any atom is -0.454 e. The van der Waals surface area contributed by atoms with Crippen molar-refractivity contribution < 1.29 is 14.3 Å². The number of amides is 1. The van der Waals surface area contributed by atoms with Crippen LogP contribution in [-0.4, -0.2) is 36.8 Å². The molecule has 6 heteroatoms. The van der Waals surface area contributed by atoms with E-state index >= 15 is 0 Å². The minimum absolute atomic E-state index is 0.114. The van der Waals surface area contributed by atoms with Gasteiger partial charge in [0.25, 0.3) is 0 Å². The molecule has 2 heterocycles. The van der Waals surface area contributed by atoms with E-state index in [0.717, 1.165) is 11.4 Å². The highest BCUT2D eigenvalue weighted by molar-refractivity contribution is 8.00. The Kier molecular flexibility index (Phi) is 3.05. The Bertz CT molecular complexity index is 480. The number of fused-ring (bicyclic) bond motifs is 1. The Balaban J connectivity index is 1.86. The number of anilines is 1. The van der Waals surface area contributed by atoms with Crippen LogP contribution in [0.2, 0.25) is 0 Å². The number of hydrogen-bond donors (Lipinski definition) is 1. The molecule has 1 aromatic rings. The molecule has 0 radical (unpaired) electrons. The van der Waals surface area contributed by atoms with E-state index in [1.807, 2.05) is 18.2 Å². The van der Waals surface area contributed by atoms with Crippen LogP contribution in [0.5, 0.6) is 11.5 Å². The molecular weight excluding hydrogens is 252 g/mol. The SMILES string of the molecule is NCC1CN(c2ccc3c(c2)OCO3)C(=O)CS1. The van der Waals surface area contributed by atoms with Gasteiger partial charge in [-0.1, -0.05) is 0 Å². The summed E-state index contributed by atoms with van der Waals surface area (Å²) in [4.78, 5) is 13.7. The van der Waals surface area contributed by atoms with Crippen LogP contribution in [0.3, 0.4) is 0 Å². The molecule has 18 heavy (non-hydrogen) atoms. The summed E-state index contributed by atoms with van der Waals surface area (Å²) in [6.45, 7) is 1.48.